The van der Waals surface area contributed by atoms with Crippen LogP contribution < -0.4 is 0 Å². The van der Waals surface area contributed by atoms with Crippen LogP contribution in [0.15, 0.2) is 0 Å². The highest BCUT2D eigenvalue weighted by molar-refractivity contribution is 4.77. The van der Waals surface area contributed by atoms with Gasteiger partial charge in [0.05, 0.1) is 6.61 Å². The highest BCUT2D eigenvalue weighted by atomic mass is 16.5. The van der Waals surface area contributed by atoms with Crippen molar-refractivity contribution in [2.75, 3.05) is 32.8 Å². The minimum Gasteiger partial charge on any atom is -0.381 e. The molecule has 0 aliphatic carbocycles. The standard InChI is InChI=1S/C8H17NO.2C2H6/c1-3-9-5-8(6-9)7-10-4-2;2*1-2/h8H,3-7H2,1-2H3;2*1-2H3. The summed E-state index contributed by atoms with van der Waals surface area (Å²) < 4.78 is 5.30. The van der Waals surface area contributed by atoms with Crippen LogP contribution in [-0.2, 0) is 4.74 Å². The van der Waals surface area contributed by atoms with E-state index in [1.54, 1.807) is 0 Å². The number of hydrogen-bond donors (Lipinski definition) is 0. The molecular formula is C12H29NO. The quantitative estimate of drug-likeness (QED) is 0.696. The molecule has 0 N–H and O–H groups in total. The van der Waals surface area contributed by atoms with Crippen LogP contribution in [0.2, 0.25) is 0 Å². The minimum atomic E-state index is 0.819. The lowest BCUT2D eigenvalue weighted by atomic mass is 10.0. The first-order valence-corrected chi connectivity index (χ1v) is 6.16. The predicted molar refractivity (Wildman–Crippen MR) is 64.8 cm³/mol. The van der Waals surface area contributed by atoms with Gasteiger partial charge in [-0.2, -0.15) is 0 Å². The zero-order valence-corrected chi connectivity index (χ0v) is 11.0. The van der Waals surface area contributed by atoms with Crippen molar-refractivity contribution in [2.24, 2.45) is 5.92 Å². The molecule has 0 unspecified atom stereocenters. The van der Waals surface area contributed by atoms with Gasteiger partial charge in [-0.1, -0.05) is 34.6 Å². The molecule has 0 atom stereocenters. The van der Waals surface area contributed by atoms with E-state index in [0.29, 0.717) is 0 Å². The van der Waals surface area contributed by atoms with Gasteiger partial charge in [0, 0.05) is 25.6 Å². The lowest BCUT2D eigenvalue weighted by Gasteiger charge is -2.38. The Kier molecular flexibility index (Phi) is 15.1. The van der Waals surface area contributed by atoms with Crippen LogP contribution >= 0.6 is 0 Å². The second-order valence-corrected chi connectivity index (χ2v) is 2.88. The molecule has 0 bridgehead atoms. The molecule has 1 aliphatic heterocycles. The van der Waals surface area contributed by atoms with Crippen LogP contribution in [0.5, 0.6) is 0 Å². The van der Waals surface area contributed by atoms with Gasteiger partial charge in [0.15, 0.2) is 0 Å². The Morgan fingerprint density at radius 1 is 1.07 bits per heavy atom. The van der Waals surface area contributed by atoms with E-state index >= 15 is 0 Å². The average Bonchev–Trinajstić information content (AvgIpc) is 2.22. The van der Waals surface area contributed by atoms with E-state index in [2.05, 4.69) is 18.7 Å². The normalized spacial score (nSPS) is 15.9. The first kappa shape index (κ1) is 16.4. The number of likely N-dealkylation sites (tertiary alicyclic amines) is 1. The van der Waals surface area contributed by atoms with Crippen LogP contribution in [0.3, 0.4) is 0 Å². The Bertz CT molecular complexity index is 87.6. The Labute approximate surface area is 90.6 Å². The number of hydrogen-bond acceptors (Lipinski definition) is 2. The summed E-state index contributed by atoms with van der Waals surface area (Å²) in [5.74, 6) is 0.819. The zero-order chi connectivity index (χ0) is 11.4. The van der Waals surface area contributed by atoms with Gasteiger partial charge in [0.25, 0.3) is 0 Å². The molecule has 0 aromatic rings. The van der Waals surface area contributed by atoms with Gasteiger partial charge in [-0.25, -0.2) is 0 Å². The van der Waals surface area contributed by atoms with E-state index in [1.807, 2.05) is 27.7 Å². The van der Waals surface area contributed by atoms with Crippen LogP contribution in [0, 0.1) is 5.92 Å². The van der Waals surface area contributed by atoms with Crippen molar-refractivity contribution in [3.05, 3.63) is 0 Å². The maximum absolute atomic E-state index is 5.30. The molecule has 1 saturated heterocycles. The summed E-state index contributed by atoms with van der Waals surface area (Å²) in [6.07, 6.45) is 0. The largest absolute Gasteiger partial charge is 0.381 e. The molecule has 2 nitrogen and oxygen atoms in total. The van der Waals surface area contributed by atoms with Crippen LogP contribution in [0.25, 0.3) is 0 Å². The van der Waals surface area contributed by atoms with E-state index in [-0.39, 0.29) is 0 Å². The maximum atomic E-state index is 5.30. The summed E-state index contributed by atoms with van der Waals surface area (Å²) in [6, 6.07) is 0. The van der Waals surface area contributed by atoms with E-state index in [4.69, 9.17) is 4.74 Å². The maximum Gasteiger partial charge on any atom is 0.0518 e. The summed E-state index contributed by atoms with van der Waals surface area (Å²) >= 11 is 0. The predicted octanol–water partition coefficient (Wildman–Crippen LogP) is 3.03. The van der Waals surface area contributed by atoms with Gasteiger partial charge in [0.1, 0.15) is 0 Å². The Morgan fingerprint density at radius 2 is 1.57 bits per heavy atom. The molecular weight excluding hydrogens is 174 g/mol. The molecule has 0 radical (unpaired) electrons. The molecule has 0 amide bonds. The van der Waals surface area contributed by atoms with E-state index in [9.17, 15) is 0 Å². The van der Waals surface area contributed by atoms with Gasteiger partial charge in [-0.05, 0) is 13.5 Å². The highest BCUT2D eigenvalue weighted by Crippen LogP contribution is 2.14. The van der Waals surface area contributed by atoms with Crippen LogP contribution in [-0.4, -0.2) is 37.7 Å². The monoisotopic (exact) mass is 203 g/mol. The first-order chi connectivity index (χ1) is 6.86. The smallest absolute Gasteiger partial charge is 0.0518 e. The Hall–Kier alpha value is -0.0800. The van der Waals surface area contributed by atoms with Crippen molar-refractivity contribution in [2.45, 2.75) is 41.5 Å². The van der Waals surface area contributed by atoms with Gasteiger partial charge in [-0.15, -0.1) is 0 Å². The van der Waals surface area contributed by atoms with Crippen LogP contribution in [0.1, 0.15) is 41.5 Å². The van der Waals surface area contributed by atoms with Gasteiger partial charge in [-0.3, -0.25) is 0 Å². The van der Waals surface area contributed by atoms with Gasteiger partial charge < -0.3 is 9.64 Å². The molecule has 1 aliphatic rings. The van der Waals surface area contributed by atoms with E-state index in [1.165, 1.54) is 19.6 Å². The van der Waals surface area contributed by atoms with Crippen molar-refractivity contribution in [3.63, 3.8) is 0 Å². The highest BCUT2D eigenvalue weighted by Gasteiger charge is 2.24. The topological polar surface area (TPSA) is 12.5 Å². The summed E-state index contributed by atoms with van der Waals surface area (Å²) in [5.41, 5.74) is 0. The molecule has 0 aromatic carbocycles. The van der Waals surface area contributed by atoms with Crippen molar-refractivity contribution >= 4 is 0 Å². The number of nitrogens with zero attached hydrogens (tertiary/aromatic N) is 1. The fourth-order valence-corrected chi connectivity index (χ4v) is 1.32. The Morgan fingerprint density at radius 3 is 1.93 bits per heavy atom. The third-order valence-corrected chi connectivity index (χ3v) is 2.04. The van der Waals surface area contributed by atoms with E-state index in [0.717, 1.165) is 19.1 Å². The summed E-state index contributed by atoms with van der Waals surface area (Å²) in [5, 5.41) is 0. The second-order valence-electron chi connectivity index (χ2n) is 2.88. The molecule has 0 aromatic heterocycles. The third-order valence-electron chi connectivity index (χ3n) is 2.04. The molecule has 1 rings (SSSR count). The molecule has 0 saturated carbocycles. The molecule has 88 valence electrons. The van der Waals surface area contributed by atoms with Gasteiger partial charge >= 0.3 is 0 Å². The first-order valence-electron chi connectivity index (χ1n) is 6.16. The van der Waals surface area contributed by atoms with Crippen molar-refractivity contribution in [1.82, 2.24) is 4.90 Å². The van der Waals surface area contributed by atoms with Crippen molar-refractivity contribution in [1.29, 1.82) is 0 Å². The van der Waals surface area contributed by atoms with E-state index < -0.39 is 0 Å². The third kappa shape index (κ3) is 7.34. The molecule has 1 heterocycles. The average molecular weight is 203 g/mol. The SMILES string of the molecule is CC.CC.CCOCC1CN(CC)C1. The Balaban J connectivity index is 0. The van der Waals surface area contributed by atoms with Crippen LogP contribution in [0.4, 0.5) is 0 Å². The van der Waals surface area contributed by atoms with Crippen molar-refractivity contribution < 1.29 is 4.74 Å². The fourth-order valence-electron chi connectivity index (χ4n) is 1.32. The summed E-state index contributed by atoms with van der Waals surface area (Å²) in [4.78, 5) is 2.43. The minimum absolute atomic E-state index is 0.819. The van der Waals surface area contributed by atoms with Crippen molar-refractivity contribution in [3.8, 4) is 0 Å². The number of rotatable bonds is 4. The fraction of sp³-hybridized carbons (Fsp3) is 1.00. The zero-order valence-electron chi connectivity index (χ0n) is 11.0. The van der Waals surface area contributed by atoms with Gasteiger partial charge in [0.2, 0.25) is 0 Å². The molecule has 1 fully saturated rings. The summed E-state index contributed by atoms with van der Waals surface area (Å²) in [7, 11) is 0. The number of ether oxygens (including phenoxy) is 1. The molecule has 0 spiro atoms. The summed E-state index contributed by atoms with van der Waals surface area (Å²) in [6.45, 7) is 17.8. The lowest BCUT2D eigenvalue weighted by molar-refractivity contribution is 0.0219. The molecule has 14 heavy (non-hydrogen) atoms. The lowest BCUT2D eigenvalue weighted by Crippen LogP contribution is -2.48. The second kappa shape index (κ2) is 12.9. The molecule has 2 heteroatoms.